The zero-order valence-electron chi connectivity index (χ0n) is 19.4. The lowest BCUT2D eigenvalue weighted by molar-refractivity contribution is -0.0549. The monoisotopic (exact) mass is 462 g/mol. The predicted molar refractivity (Wildman–Crippen MR) is 129 cm³/mol. The molecule has 0 amide bonds. The van der Waals surface area contributed by atoms with Gasteiger partial charge in [-0.2, -0.15) is 8.78 Å². The van der Waals surface area contributed by atoms with E-state index in [1.54, 1.807) is 0 Å². The van der Waals surface area contributed by atoms with Gasteiger partial charge in [-0.1, -0.05) is 87.4 Å². The van der Waals surface area contributed by atoms with Crippen molar-refractivity contribution in [1.29, 1.82) is 0 Å². The van der Waals surface area contributed by atoms with Crippen LogP contribution in [0, 0.1) is 17.3 Å². The van der Waals surface area contributed by atoms with Gasteiger partial charge in [-0.25, -0.2) is 0 Å². The fourth-order valence-corrected chi connectivity index (χ4v) is 5.12. The van der Waals surface area contributed by atoms with Gasteiger partial charge >= 0.3 is 5.38 Å². The van der Waals surface area contributed by atoms with E-state index in [1.165, 1.54) is 5.56 Å². The third kappa shape index (κ3) is 7.85. The summed E-state index contributed by atoms with van der Waals surface area (Å²) in [5.41, 5.74) is 2.12. The molecule has 0 heterocycles. The Morgan fingerprint density at radius 2 is 1.53 bits per heavy atom. The summed E-state index contributed by atoms with van der Waals surface area (Å²) < 4.78 is 33.7. The minimum Gasteiger partial charge on any atom is -0.373 e. The lowest BCUT2D eigenvalue weighted by Crippen LogP contribution is -2.36. The van der Waals surface area contributed by atoms with Gasteiger partial charge in [0, 0.05) is 6.42 Å². The van der Waals surface area contributed by atoms with E-state index in [-0.39, 0.29) is 17.9 Å². The molecular weight excluding hydrogens is 426 g/mol. The summed E-state index contributed by atoms with van der Waals surface area (Å²) >= 11 is 5.30. The van der Waals surface area contributed by atoms with Gasteiger partial charge in [0.25, 0.3) is 0 Å². The summed E-state index contributed by atoms with van der Waals surface area (Å²) in [6, 6.07) is 20.7. The maximum absolute atomic E-state index is 13.6. The third-order valence-electron chi connectivity index (χ3n) is 7.30. The Balaban J connectivity index is 1.72. The average Bonchev–Trinajstić information content (AvgIpc) is 2.79. The molecule has 0 aliphatic heterocycles. The molecule has 0 spiro atoms. The van der Waals surface area contributed by atoms with Gasteiger partial charge in [0.15, 0.2) is 0 Å². The smallest absolute Gasteiger partial charge is 0.321 e. The van der Waals surface area contributed by atoms with Crippen LogP contribution in [0.3, 0.4) is 0 Å². The van der Waals surface area contributed by atoms with Gasteiger partial charge in [-0.3, -0.25) is 0 Å². The summed E-state index contributed by atoms with van der Waals surface area (Å²) in [4.78, 5) is 0. The van der Waals surface area contributed by atoms with Crippen LogP contribution >= 0.6 is 11.6 Å². The zero-order chi connectivity index (χ0) is 23.0. The van der Waals surface area contributed by atoms with E-state index < -0.39 is 5.38 Å². The van der Waals surface area contributed by atoms with Crippen molar-refractivity contribution in [1.82, 2.24) is 0 Å². The fourth-order valence-electron chi connectivity index (χ4n) is 5.03. The molecule has 0 bridgehead atoms. The van der Waals surface area contributed by atoms with E-state index in [1.807, 2.05) is 24.3 Å². The lowest BCUT2D eigenvalue weighted by atomic mass is 9.66. The van der Waals surface area contributed by atoms with Crippen LogP contribution in [-0.2, 0) is 11.2 Å². The Morgan fingerprint density at radius 3 is 2.12 bits per heavy atom. The zero-order valence-corrected chi connectivity index (χ0v) is 20.2. The molecule has 32 heavy (non-hydrogen) atoms. The van der Waals surface area contributed by atoms with Gasteiger partial charge in [0.05, 0.1) is 12.7 Å². The van der Waals surface area contributed by atoms with Crippen LogP contribution in [0.4, 0.5) is 8.78 Å². The van der Waals surface area contributed by atoms with Crippen molar-refractivity contribution in [3.8, 4) is 0 Å². The van der Waals surface area contributed by atoms with Crippen LogP contribution in [0.1, 0.15) is 76.0 Å². The Hall–Kier alpha value is -1.45. The Labute approximate surface area is 197 Å². The number of rotatable bonds is 11. The van der Waals surface area contributed by atoms with Crippen molar-refractivity contribution in [2.45, 2.75) is 76.7 Å². The second-order valence-corrected chi connectivity index (χ2v) is 10.5. The number of halogens is 3. The first-order chi connectivity index (χ1) is 15.3. The van der Waals surface area contributed by atoms with Crippen LogP contribution in [0.15, 0.2) is 60.7 Å². The molecule has 2 unspecified atom stereocenters. The van der Waals surface area contributed by atoms with E-state index in [9.17, 15) is 8.78 Å². The largest absolute Gasteiger partial charge is 0.373 e. The molecule has 1 aliphatic rings. The minimum absolute atomic E-state index is 0.0604. The highest BCUT2D eigenvalue weighted by Crippen LogP contribution is 2.46. The van der Waals surface area contributed by atoms with Crippen LogP contribution in [0.2, 0.25) is 0 Å². The molecule has 0 radical (unpaired) electrons. The molecular formula is C28H37ClF2O. The lowest BCUT2D eigenvalue weighted by Gasteiger charge is -2.42. The molecule has 0 saturated heterocycles. The second-order valence-electron chi connectivity index (χ2n) is 9.96. The van der Waals surface area contributed by atoms with Gasteiger partial charge in [-0.15, -0.1) is 0 Å². The predicted octanol–water partition coefficient (Wildman–Crippen LogP) is 8.82. The molecule has 2 aromatic carbocycles. The topological polar surface area (TPSA) is 9.23 Å². The van der Waals surface area contributed by atoms with E-state index in [0.717, 1.165) is 44.1 Å². The summed E-state index contributed by atoms with van der Waals surface area (Å²) in [5.74, 6) is 1.11. The first-order valence-corrected chi connectivity index (χ1v) is 12.4. The summed E-state index contributed by atoms with van der Waals surface area (Å²) in [6.45, 7) is 4.90. The SMILES string of the molecule is CC1CCC(C(C)(CCC(F)(F)Cl)COC(CCc2ccccc2)c2ccccc2)CC1. The standard InChI is InChI=1S/C28H37ClF2O/c1-22-13-16-25(17-14-22)27(2,19-20-28(29,30)31)21-32-26(24-11-7-4-8-12-24)18-15-23-9-5-3-6-10-23/h3-12,22,25-26H,13-21H2,1-2H3. The first kappa shape index (κ1) is 25.2. The molecule has 2 atom stereocenters. The van der Waals surface area contributed by atoms with E-state index in [4.69, 9.17) is 16.3 Å². The van der Waals surface area contributed by atoms with Crippen molar-refractivity contribution >= 4 is 11.6 Å². The number of alkyl halides is 3. The molecule has 1 saturated carbocycles. The van der Waals surface area contributed by atoms with Crippen molar-refractivity contribution in [2.75, 3.05) is 6.61 Å². The highest BCUT2D eigenvalue weighted by molar-refractivity contribution is 6.21. The van der Waals surface area contributed by atoms with Crippen LogP contribution in [-0.4, -0.2) is 12.0 Å². The number of hydrogen-bond donors (Lipinski definition) is 0. The van der Waals surface area contributed by atoms with Crippen molar-refractivity contribution < 1.29 is 13.5 Å². The van der Waals surface area contributed by atoms with Crippen LogP contribution < -0.4 is 0 Å². The molecule has 0 N–H and O–H groups in total. The van der Waals surface area contributed by atoms with Crippen LogP contribution in [0.25, 0.3) is 0 Å². The van der Waals surface area contributed by atoms with E-state index >= 15 is 0 Å². The van der Waals surface area contributed by atoms with Crippen molar-refractivity contribution in [3.05, 3.63) is 71.8 Å². The Morgan fingerprint density at radius 1 is 0.938 bits per heavy atom. The van der Waals surface area contributed by atoms with Crippen LogP contribution in [0.5, 0.6) is 0 Å². The van der Waals surface area contributed by atoms with E-state index in [2.05, 4.69) is 50.2 Å². The quantitative estimate of drug-likeness (QED) is 0.303. The summed E-state index contributed by atoms with van der Waals surface area (Å²) in [7, 11) is 0. The number of ether oxygens (including phenoxy) is 1. The number of hydrogen-bond acceptors (Lipinski definition) is 1. The Bertz CT molecular complexity index is 784. The molecule has 1 nitrogen and oxygen atoms in total. The summed E-state index contributed by atoms with van der Waals surface area (Å²) in [6.07, 6.45) is 6.26. The van der Waals surface area contributed by atoms with Crippen molar-refractivity contribution in [2.24, 2.45) is 17.3 Å². The molecule has 176 valence electrons. The maximum Gasteiger partial charge on any atom is 0.321 e. The van der Waals surface area contributed by atoms with Crippen molar-refractivity contribution in [3.63, 3.8) is 0 Å². The van der Waals surface area contributed by atoms with E-state index in [0.29, 0.717) is 24.9 Å². The first-order valence-electron chi connectivity index (χ1n) is 12.0. The molecule has 2 aromatic rings. The number of benzene rings is 2. The molecule has 0 aromatic heterocycles. The van der Waals surface area contributed by atoms with Gasteiger partial charge in [0.1, 0.15) is 0 Å². The maximum atomic E-state index is 13.6. The summed E-state index contributed by atoms with van der Waals surface area (Å²) in [5, 5.41) is -3.16. The third-order valence-corrected chi connectivity index (χ3v) is 7.49. The normalized spacial score (nSPS) is 22.3. The molecule has 3 rings (SSSR count). The highest BCUT2D eigenvalue weighted by atomic mass is 35.5. The molecule has 4 heteroatoms. The highest BCUT2D eigenvalue weighted by Gasteiger charge is 2.39. The Kier molecular flexibility index (Phi) is 9.13. The fraction of sp³-hybridized carbons (Fsp3) is 0.571. The molecule has 1 aliphatic carbocycles. The average molecular weight is 463 g/mol. The van der Waals surface area contributed by atoms with Gasteiger partial charge in [0.2, 0.25) is 0 Å². The second kappa shape index (κ2) is 11.6. The number of aryl methyl sites for hydroxylation is 1. The van der Waals surface area contributed by atoms with Gasteiger partial charge < -0.3 is 4.74 Å². The minimum atomic E-state index is -3.16. The van der Waals surface area contributed by atoms with Gasteiger partial charge in [-0.05, 0) is 72.1 Å². The molecule has 1 fully saturated rings.